The molecule has 1 unspecified atom stereocenters. The Morgan fingerprint density at radius 1 is 1.15 bits per heavy atom. The van der Waals surface area contributed by atoms with Gasteiger partial charge in [-0.15, -0.1) is 0 Å². The van der Waals surface area contributed by atoms with E-state index in [1.165, 1.54) is 4.90 Å². The lowest BCUT2D eigenvalue weighted by Crippen LogP contribution is -2.39. The van der Waals surface area contributed by atoms with Gasteiger partial charge in [-0.05, 0) is 29.4 Å². The summed E-state index contributed by atoms with van der Waals surface area (Å²) in [6, 6.07) is 5.62. The van der Waals surface area contributed by atoms with E-state index in [1.54, 1.807) is 7.05 Å². The monoisotopic (exact) mass is 394 g/mol. The van der Waals surface area contributed by atoms with E-state index in [0.29, 0.717) is 6.42 Å². The first-order valence-electron chi connectivity index (χ1n) is 9.40. The molecule has 1 aliphatic heterocycles. The number of nitrogens with one attached hydrogen (secondary N) is 1. The van der Waals surface area contributed by atoms with E-state index >= 15 is 0 Å². The summed E-state index contributed by atoms with van der Waals surface area (Å²) >= 11 is 0. The predicted molar refractivity (Wildman–Crippen MR) is 108 cm³/mol. The minimum absolute atomic E-state index is 0.0233. The smallest absolute Gasteiger partial charge is 0.233 e. The van der Waals surface area contributed by atoms with Crippen LogP contribution in [0.25, 0.3) is 0 Å². The van der Waals surface area contributed by atoms with E-state index in [2.05, 4.69) is 33.0 Å². The van der Waals surface area contributed by atoms with Gasteiger partial charge in [-0.3, -0.25) is 9.59 Å². The molecule has 1 fully saturated rings. The molecule has 1 atom stereocenters. The molecule has 2 rings (SSSR count). The first-order valence-corrected chi connectivity index (χ1v) is 11.2. The lowest BCUT2D eigenvalue weighted by molar-refractivity contribution is -0.134. The molecule has 2 amide bonds. The van der Waals surface area contributed by atoms with E-state index in [1.807, 2.05) is 18.2 Å². The van der Waals surface area contributed by atoms with Gasteiger partial charge in [-0.1, -0.05) is 45.9 Å². The van der Waals surface area contributed by atoms with Crippen molar-refractivity contribution < 1.29 is 18.0 Å². The van der Waals surface area contributed by atoms with Gasteiger partial charge < -0.3 is 10.2 Å². The molecule has 0 spiro atoms. The van der Waals surface area contributed by atoms with Gasteiger partial charge in [0.2, 0.25) is 11.8 Å². The lowest BCUT2D eigenvalue weighted by atomic mass is 9.92. The van der Waals surface area contributed by atoms with Crippen LogP contribution in [0.4, 0.5) is 5.69 Å². The van der Waals surface area contributed by atoms with E-state index < -0.39 is 9.84 Å². The van der Waals surface area contributed by atoms with Crippen molar-refractivity contribution >= 4 is 27.3 Å². The van der Waals surface area contributed by atoms with Gasteiger partial charge in [-0.25, -0.2) is 8.42 Å². The summed E-state index contributed by atoms with van der Waals surface area (Å²) in [6.45, 7) is 8.26. The number of hydrogen-bond donors (Lipinski definition) is 1. The standard InChI is InChI=1S/C20H30N2O4S/c1-13(2)16-7-6-8-17(14(3)4)20(16)21-18(23)11-19(24)22(5)15-9-10-27(25,26)12-15/h6-8,13-15H,9-12H2,1-5H3,(H,21,23). The van der Waals surface area contributed by atoms with Crippen LogP contribution >= 0.6 is 0 Å². The van der Waals surface area contributed by atoms with Crippen LogP contribution in [-0.2, 0) is 19.4 Å². The Hall–Kier alpha value is -1.89. The van der Waals surface area contributed by atoms with Crippen LogP contribution in [0.3, 0.4) is 0 Å². The van der Waals surface area contributed by atoms with Crippen LogP contribution in [0.1, 0.15) is 63.5 Å². The fourth-order valence-corrected chi connectivity index (χ4v) is 5.20. The molecule has 1 heterocycles. The third kappa shape index (κ3) is 5.31. The van der Waals surface area contributed by atoms with Gasteiger partial charge in [0.05, 0.1) is 11.5 Å². The van der Waals surface area contributed by atoms with Gasteiger partial charge >= 0.3 is 0 Å². The Bertz CT molecular complexity index is 789. The maximum absolute atomic E-state index is 12.5. The number of nitrogens with zero attached hydrogens (tertiary/aromatic N) is 1. The van der Waals surface area contributed by atoms with E-state index in [9.17, 15) is 18.0 Å². The lowest BCUT2D eigenvalue weighted by Gasteiger charge is -2.24. The molecule has 1 saturated heterocycles. The molecular formula is C20H30N2O4S. The minimum atomic E-state index is -3.08. The van der Waals surface area contributed by atoms with Crippen LogP contribution in [0, 0.1) is 0 Å². The van der Waals surface area contributed by atoms with Gasteiger partial charge in [0, 0.05) is 18.8 Å². The number of amides is 2. The maximum atomic E-state index is 12.5. The molecule has 27 heavy (non-hydrogen) atoms. The molecule has 0 radical (unpaired) electrons. The van der Waals surface area contributed by atoms with Crippen molar-refractivity contribution in [3.8, 4) is 0 Å². The molecule has 0 bridgehead atoms. The van der Waals surface area contributed by atoms with Crippen molar-refractivity contribution in [2.24, 2.45) is 0 Å². The average Bonchev–Trinajstić information content (AvgIpc) is 2.93. The molecule has 0 saturated carbocycles. The molecule has 6 nitrogen and oxygen atoms in total. The molecule has 7 heteroatoms. The van der Waals surface area contributed by atoms with Crippen molar-refractivity contribution in [3.05, 3.63) is 29.3 Å². The first kappa shape index (κ1) is 21.4. The van der Waals surface area contributed by atoms with Crippen LogP contribution in [0.5, 0.6) is 0 Å². The molecule has 0 aliphatic carbocycles. The molecule has 1 N–H and O–H groups in total. The quantitative estimate of drug-likeness (QED) is 0.752. The topological polar surface area (TPSA) is 83.6 Å². The Labute approximate surface area is 162 Å². The number of rotatable bonds is 6. The third-order valence-electron chi connectivity index (χ3n) is 5.10. The summed E-state index contributed by atoms with van der Waals surface area (Å²) in [6.07, 6.45) is 0.136. The fourth-order valence-electron chi connectivity index (χ4n) is 3.43. The summed E-state index contributed by atoms with van der Waals surface area (Å²) in [4.78, 5) is 26.4. The van der Waals surface area contributed by atoms with Crippen molar-refractivity contribution in [1.82, 2.24) is 4.90 Å². The van der Waals surface area contributed by atoms with Crippen LogP contribution in [0.15, 0.2) is 18.2 Å². The SMILES string of the molecule is CC(C)c1cccc(C(C)C)c1NC(=O)CC(=O)N(C)C1CCS(=O)(=O)C1. The highest BCUT2D eigenvalue weighted by molar-refractivity contribution is 7.91. The summed E-state index contributed by atoms with van der Waals surface area (Å²) in [5.41, 5.74) is 2.86. The zero-order chi connectivity index (χ0) is 20.4. The highest BCUT2D eigenvalue weighted by Gasteiger charge is 2.33. The van der Waals surface area contributed by atoms with Gasteiger partial charge in [0.25, 0.3) is 0 Å². The summed E-state index contributed by atoms with van der Waals surface area (Å²) in [7, 11) is -1.50. The van der Waals surface area contributed by atoms with Crippen molar-refractivity contribution in [1.29, 1.82) is 0 Å². The molecule has 1 aromatic carbocycles. The highest BCUT2D eigenvalue weighted by atomic mass is 32.2. The minimum Gasteiger partial charge on any atom is -0.341 e. The maximum Gasteiger partial charge on any atom is 0.233 e. The number of carbonyl (C=O) groups excluding carboxylic acids is 2. The molecule has 1 aromatic rings. The zero-order valence-electron chi connectivity index (χ0n) is 16.8. The highest BCUT2D eigenvalue weighted by Crippen LogP contribution is 2.32. The van der Waals surface area contributed by atoms with Gasteiger partial charge in [0.15, 0.2) is 9.84 Å². The fraction of sp³-hybridized carbons (Fsp3) is 0.600. The van der Waals surface area contributed by atoms with Crippen molar-refractivity contribution in [3.63, 3.8) is 0 Å². The van der Waals surface area contributed by atoms with Gasteiger partial charge in [0.1, 0.15) is 6.42 Å². The second kappa shape index (κ2) is 8.42. The Morgan fingerprint density at radius 3 is 2.15 bits per heavy atom. The average molecular weight is 395 g/mol. The number of sulfone groups is 1. The van der Waals surface area contributed by atoms with E-state index in [-0.39, 0.29) is 47.6 Å². The van der Waals surface area contributed by atoms with Crippen LogP contribution < -0.4 is 5.32 Å². The molecule has 0 aromatic heterocycles. The number of anilines is 1. The van der Waals surface area contributed by atoms with Gasteiger partial charge in [-0.2, -0.15) is 0 Å². The number of hydrogen-bond acceptors (Lipinski definition) is 4. The van der Waals surface area contributed by atoms with E-state index in [0.717, 1.165) is 16.8 Å². The van der Waals surface area contributed by atoms with Crippen molar-refractivity contribution in [2.45, 2.75) is 58.4 Å². The Kier molecular flexibility index (Phi) is 6.68. The third-order valence-corrected chi connectivity index (χ3v) is 6.85. The number of carbonyl (C=O) groups is 2. The summed E-state index contributed by atoms with van der Waals surface area (Å²) in [5, 5.41) is 2.93. The predicted octanol–water partition coefficient (Wildman–Crippen LogP) is 2.91. The number of para-hydroxylation sites is 1. The van der Waals surface area contributed by atoms with Crippen LogP contribution in [0.2, 0.25) is 0 Å². The molecular weight excluding hydrogens is 364 g/mol. The normalized spacial score (nSPS) is 18.7. The Balaban J connectivity index is 2.10. The first-order chi connectivity index (χ1) is 12.5. The summed E-state index contributed by atoms with van der Waals surface area (Å²) < 4.78 is 23.2. The zero-order valence-corrected chi connectivity index (χ0v) is 17.6. The largest absolute Gasteiger partial charge is 0.341 e. The summed E-state index contributed by atoms with van der Waals surface area (Å²) in [5.74, 6) is -0.182. The second-order valence-corrected chi connectivity index (χ2v) is 10.1. The number of benzene rings is 1. The van der Waals surface area contributed by atoms with Crippen LogP contribution in [-0.4, -0.2) is 49.7 Å². The molecule has 150 valence electrons. The van der Waals surface area contributed by atoms with E-state index in [4.69, 9.17) is 0 Å². The molecule has 1 aliphatic rings. The van der Waals surface area contributed by atoms with Crippen molar-refractivity contribution in [2.75, 3.05) is 23.9 Å². The second-order valence-electron chi connectivity index (χ2n) is 7.91. The Morgan fingerprint density at radius 2 is 1.70 bits per heavy atom.